The molecular formula is C13H25NO2S. The molecule has 1 saturated carbocycles. The van der Waals surface area contributed by atoms with Crippen LogP contribution in [0.5, 0.6) is 0 Å². The van der Waals surface area contributed by atoms with Crippen LogP contribution in [0.2, 0.25) is 0 Å². The fraction of sp³-hybridized carbons (Fsp3) is 1.00. The second-order valence-corrected chi connectivity index (χ2v) is 7.97. The normalized spacial score (nSPS) is 37.8. The summed E-state index contributed by atoms with van der Waals surface area (Å²) in [6.45, 7) is 2.27. The Morgan fingerprint density at radius 1 is 1.06 bits per heavy atom. The largest absolute Gasteiger partial charge is 0.310 e. The molecule has 1 saturated heterocycles. The van der Waals surface area contributed by atoms with Crippen LogP contribution in [0.15, 0.2) is 0 Å². The lowest BCUT2D eigenvalue weighted by atomic mass is 9.84. The Hall–Kier alpha value is -0.0900. The molecule has 1 N–H and O–H groups in total. The fourth-order valence-electron chi connectivity index (χ4n) is 3.22. The van der Waals surface area contributed by atoms with E-state index in [4.69, 9.17) is 0 Å². The predicted octanol–water partition coefficient (Wildman–Crippen LogP) is 2.12. The molecule has 0 aromatic carbocycles. The molecule has 2 aliphatic rings. The Morgan fingerprint density at radius 3 is 2.35 bits per heavy atom. The average Bonchev–Trinajstić information content (AvgIpc) is 2.29. The van der Waals surface area contributed by atoms with Crippen molar-refractivity contribution in [2.45, 2.75) is 64.0 Å². The zero-order valence-corrected chi connectivity index (χ0v) is 11.6. The molecule has 1 unspecified atom stereocenters. The smallest absolute Gasteiger partial charge is 0.151 e. The molecule has 0 aromatic heterocycles. The predicted molar refractivity (Wildman–Crippen MR) is 70.8 cm³/mol. The first-order valence-electron chi connectivity index (χ1n) is 7.05. The lowest BCUT2D eigenvalue weighted by Crippen LogP contribution is -2.46. The van der Waals surface area contributed by atoms with Crippen LogP contribution in [0.1, 0.15) is 51.9 Å². The van der Waals surface area contributed by atoms with Crippen LogP contribution in [0.4, 0.5) is 0 Å². The van der Waals surface area contributed by atoms with E-state index in [-0.39, 0.29) is 6.04 Å². The van der Waals surface area contributed by atoms with Gasteiger partial charge in [0.05, 0.1) is 11.5 Å². The van der Waals surface area contributed by atoms with E-state index in [1.54, 1.807) is 0 Å². The molecule has 0 aromatic rings. The van der Waals surface area contributed by atoms with E-state index in [0.29, 0.717) is 17.5 Å². The molecule has 17 heavy (non-hydrogen) atoms. The Kier molecular flexibility index (Phi) is 4.47. The van der Waals surface area contributed by atoms with Gasteiger partial charge < -0.3 is 5.32 Å². The first-order chi connectivity index (χ1) is 8.09. The Bertz CT molecular complexity index is 331. The van der Waals surface area contributed by atoms with Crippen LogP contribution in [-0.2, 0) is 9.84 Å². The molecule has 2 fully saturated rings. The van der Waals surface area contributed by atoms with E-state index in [2.05, 4.69) is 12.2 Å². The standard InChI is InChI=1S/C13H25NO2S/c1-2-11-5-7-12(8-6-11)14-13-4-3-9-17(15,16)10-13/h11-14H,2-10H2,1H3. The molecule has 0 spiro atoms. The third kappa shape index (κ3) is 3.95. The van der Waals surface area contributed by atoms with Crippen molar-refractivity contribution < 1.29 is 8.42 Å². The highest BCUT2D eigenvalue weighted by atomic mass is 32.2. The summed E-state index contributed by atoms with van der Waals surface area (Å²) in [5.41, 5.74) is 0. The van der Waals surface area contributed by atoms with Gasteiger partial charge in [0, 0.05) is 12.1 Å². The van der Waals surface area contributed by atoms with Crippen LogP contribution >= 0.6 is 0 Å². The first-order valence-corrected chi connectivity index (χ1v) is 8.87. The molecule has 1 aliphatic carbocycles. The Balaban J connectivity index is 1.78. The molecule has 1 atom stereocenters. The van der Waals surface area contributed by atoms with Gasteiger partial charge in [-0.1, -0.05) is 13.3 Å². The topological polar surface area (TPSA) is 46.2 Å². The molecule has 2 rings (SSSR count). The van der Waals surface area contributed by atoms with Crippen molar-refractivity contribution >= 4 is 9.84 Å². The number of nitrogens with one attached hydrogen (secondary N) is 1. The third-order valence-electron chi connectivity index (χ3n) is 4.36. The van der Waals surface area contributed by atoms with Crippen molar-refractivity contribution in [2.24, 2.45) is 5.92 Å². The van der Waals surface area contributed by atoms with Crippen molar-refractivity contribution in [1.82, 2.24) is 5.32 Å². The highest BCUT2D eigenvalue weighted by Crippen LogP contribution is 2.27. The van der Waals surface area contributed by atoms with Crippen molar-refractivity contribution in [3.05, 3.63) is 0 Å². The van der Waals surface area contributed by atoms with Crippen LogP contribution in [0.25, 0.3) is 0 Å². The monoisotopic (exact) mass is 259 g/mol. The van der Waals surface area contributed by atoms with Gasteiger partial charge in [0.2, 0.25) is 0 Å². The second kappa shape index (κ2) is 5.70. The Labute approximate surface area is 105 Å². The summed E-state index contributed by atoms with van der Waals surface area (Å²) in [5, 5.41) is 3.58. The van der Waals surface area contributed by atoms with Crippen molar-refractivity contribution in [3.63, 3.8) is 0 Å². The van der Waals surface area contributed by atoms with E-state index in [9.17, 15) is 8.42 Å². The van der Waals surface area contributed by atoms with Gasteiger partial charge in [-0.3, -0.25) is 0 Å². The molecule has 0 radical (unpaired) electrons. The maximum atomic E-state index is 11.6. The SMILES string of the molecule is CCC1CCC(NC2CCCS(=O)(=O)C2)CC1. The zero-order valence-electron chi connectivity index (χ0n) is 10.8. The number of rotatable bonds is 3. The van der Waals surface area contributed by atoms with Gasteiger partial charge in [0.25, 0.3) is 0 Å². The molecule has 1 aliphatic heterocycles. The van der Waals surface area contributed by atoms with Crippen molar-refractivity contribution in [3.8, 4) is 0 Å². The number of hydrogen-bond acceptors (Lipinski definition) is 3. The molecule has 3 nitrogen and oxygen atoms in total. The minimum Gasteiger partial charge on any atom is -0.310 e. The summed E-state index contributed by atoms with van der Waals surface area (Å²) in [6, 6.07) is 0.785. The summed E-state index contributed by atoms with van der Waals surface area (Å²) in [5.74, 6) is 1.66. The van der Waals surface area contributed by atoms with E-state index in [1.807, 2.05) is 0 Å². The summed E-state index contributed by atoms with van der Waals surface area (Å²) in [4.78, 5) is 0. The van der Waals surface area contributed by atoms with Crippen LogP contribution in [0.3, 0.4) is 0 Å². The van der Waals surface area contributed by atoms with Crippen molar-refractivity contribution in [1.29, 1.82) is 0 Å². The van der Waals surface area contributed by atoms with Gasteiger partial charge in [-0.2, -0.15) is 0 Å². The minimum atomic E-state index is -2.76. The van der Waals surface area contributed by atoms with Gasteiger partial charge in [-0.25, -0.2) is 8.42 Å². The zero-order chi connectivity index (χ0) is 12.3. The van der Waals surface area contributed by atoms with Gasteiger partial charge in [-0.15, -0.1) is 0 Å². The summed E-state index contributed by atoms with van der Waals surface area (Å²) < 4.78 is 23.1. The summed E-state index contributed by atoms with van der Waals surface area (Å²) in [7, 11) is -2.76. The van der Waals surface area contributed by atoms with Crippen LogP contribution in [0, 0.1) is 5.92 Å². The summed E-state index contributed by atoms with van der Waals surface area (Å²) in [6.07, 6.45) is 8.26. The molecule has 4 heteroatoms. The molecular weight excluding hydrogens is 234 g/mol. The van der Waals surface area contributed by atoms with Gasteiger partial charge in [0.15, 0.2) is 9.84 Å². The maximum absolute atomic E-state index is 11.6. The van der Waals surface area contributed by atoms with E-state index in [1.165, 1.54) is 32.1 Å². The minimum absolute atomic E-state index is 0.219. The van der Waals surface area contributed by atoms with E-state index >= 15 is 0 Å². The third-order valence-corrected chi connectivity index (χ3v) is 6.18. The van der Waals surface area contributed by atoms with E-state index < -0.39 is 9.84 Å². The lowest BCUT2D eigenvalue weighted by molar-refractivity contribution is 0.268. The van der Waals surface area contributed by atoms with Gasteiger partial charge in [0.1, 0.15) is 0 Å². The van der Waals surface area contributed by atoms with Crippen molar-refractivity contribution in [2.75, 3.05) is 11.5 Å². The molecule has 0 amide bonds. The number of hydrogen-bond donors (Lipinski definition) is 1. The molecule has 100 valence electrons. The van der Waals surface area contributed by atoms with Crippen LogP contribution < -0.4 is 5.32 Å². The Morgan fingerprint density at radius 2 is 1.76 bits per heavy atom. The van der Waals surface area contributed by atoms with Gasteiger partial charge in [-0.05, 0) is 44.4 Å². The molecule has 0 bridgehead atoms. The first kappa shape index (κ1) is 13.3. The number of sulfone groups is 1. The highest BCUT2D eigenvalue weighted by molar-refractivity contribution is 7.91. The molecule has 1 heterocycles. The summed E-state index contributed by atoms with van der Waals surface area (Å²) >= 11 is 0. The van der Waals surface area contributed by atoms with Crippen LogP contribution in [-0.4, -0.2) is 32.0 Å². The van der Waals surface area contributed by atoms with E-state index in [0.717, 1.165) is 18.8 Å². The quantitative estimate of drug-likeness (QED) is 0.844. The highest BCUT2D eigenvalue weighted by Gasteiger charge is 2.28. The lowest BCUT2D eigenvalue weighted by Gasteiger charge is -2.33. The van der Waals surface area contributed by atoms with Gasteiger partial charge >= 0.3 is 0 Å². The average molecular weight is 259 g/mol. The second-order valence-electron chi connectivity index (χ2n) is 5.75. The fourth-order valence-corrected chi connectivity index (χ4v) is 4.87. The maximum Gasteiger partial charge on any atom is 0.151 e.